The lowest BCUT2D eigenvalue weighted by atomic mass is 10.2. The molecule has 2 N–H and O–H groups in total. The van der Waals surface area contributed by atoms with Crippen LogP contribution in [0.1, 0.15) is 11.1 Å². The summed E-state index contributed by atoms with van der Waals surface area (Å²) in [4.78, 5) is 4.43. The Morgan fingerprint density at radius 3 is 2.50 bits per heavy atom. The molecule has 0 atom stereocenters. The van der Waals surface area contributed by atoms with E-state index in [9.17, 15) is 0 Å². The van der Waals surface area contributed by atoms with Gasteiger partial charge in [0.1, 0.15) is 17.3 Å². The molecule has 0 spiro atoms. The Balaban J connectivity index is 2.41. The summed E-state index contributed by atoms with van der Waals surface area (Å²) in [5.41, 5.74) is 8.77. The molecule has 0 bridgehead atoms. The van der Waals surface area contributed by atoms with Gasteiger partial charge in [-0.05, 0) is 24.6 Å². The lowest BCUT2D eigenvalue weighted by Crippen LogP contribution is -2.12. The number of methoxy groups -OCH3 is 1. The predicted octanol–water partition coefficient (Wildman–Crippen LogP) is 3.04. The Morgan fingerprint density at radius 2 is 1.83 bits per heavy atom. The number of amidine groups is 1. The molecular weight excluding hydrogens is 224 g/mol. The normalized spacial score (nSPS) is 11.3. The maximum atomic E-state index is 6.00. The monoisotopic (exact) mass is 240 g/mol. The molecule has 3 nitrogen and oxygen atoms in total. The van der Waals surface area contributed by atoms with Gasteiger partial charge >= 0.3 is 0 Å². The highest BCUT2D eigenvalue weighted by Crippen LogP contribution is 2.28. The molecule has 0 amide bonds. The van der Waals surface area contributed by atoms with Crippen LogP contribution in [0.2, 0.25) is 0 Å². The van der Waals surface area contributed by atoms with Gasteiger partial charge in [-0.25, -0.2) is 4.99 Å². The summed E-state index contributed by atoms with van der Waals surface area (Å²) in [6.45, 7) is 2.01. The fourth-order valence-corrected chi connectivity index (χ4v) is 1.69. The highest BCUT2D eigenvalue weighted by atomic mass is 16.5. The summed E-state index contributed by atoms with van der Waals surface area (Å²) in [6.07, 6.45) is 0. The Hall–Kier alpha value is -2.29. The third-order valence-corrected chi connectivity index (χ3v) is 2.64. The molecule has 0 aliphatic carbocycles. The molecule has 3 heteroatoms. The zero-order chi connectivity index (χ0) is 13.0. The minimum atomic E-state index is 0.486. The van der Waals surface area contributed by atoms with Crippen molar-refractivity contribution in [2.75, 3.05) is 7.11 Å². The molecule has 0 aliphatic rings. The number of nitrogens with two attached hydrogens (primary N) is 1. The van der Waals surface area contributed by atoms with Crippen molar-refractivity contribution in [2.24, 2.45) is 10.7 Å². The standard InChI is InChI=1S/C15H16N2O/c1-11-8-9-14(18-2)13(10-11)17-15(16)12-6-4-3-5-7-12/h3-10H,1-2H3,(H2,16,17). The predicted molar refractivity (Wildman–Crippen MR) is 74.6 cm³/mol. The van der Waals surface area contributed by atoms with Crippen molar-refractivity contribution in [2.45, 2.75) is 6.92 Å². The second-order valence-electron chi connectivity index (χ2n) is 4.04. The summed E-state index contributed by atoms with van der Waals surface area (Å²) < 4.78 is 5.27. The Bertz CT molecular complexity index is 562. The van der Waals surface area contributed by atoms with Crippen molar-refractivity contribution in [3.05, 3.63) is 59.7 Å². The third kappa shape index (κ3) is 2.69. The summed E-state index contributed by atoms with van der Waals surface area (Å²) in [5.74, 6) is 1.21. The van der Waals surface area contributed by atoms with Crippen LogP contribution in [-0.2, 0) is 0 Å². The van der Waals surface area contributed by atoms with Gasteiger partial charge in [0.15, 0.2) is 0 Å². The van der Waals surface area contributed by atoms with Crippen molar-refractivity contribution >= 4 is 11.5 Å². The van der Waals surface area contributed by atoms with Gasteiger partial charge in [0.05, 0.1) is 7.11 Å². The van der Waals surface area contributed by atoms with Gasteiger partial charge < -0.3 is 10.5 Å². The quantitative estimate of drug-likeness (QED) is 0.662. The van der Waals surface area contributed by atoms with E-state index < -0.39 is 0 Å². The molecule has 0 radical (unpaired) electrons. The van der Waals surface area contributed by atoms with Gasteiger partial charge in [-0.2, -0.15) is 0 Å². The fraction of sp³-hybridized carbons (Fsp3) is 0.133. The Morgan fingerprint density at radius 1 is 1.11 bits per heavy atom. The van der Waals surface area contributed by atoms with Crippen LogP contribution >= 0.6 is 0 Å². The highest BCUT2D eigenvalue weighted by molar-refractivity contribution is 5.99. The van der Waals surface area contributed by atoms with E-state index in [2.05, 4.69) is 4.99 Å². The van der Waals surface area contributed by atoms with Crippen molar-refractivity contribution < 1.29 is 4.74 Å². The fourth-order valence-electron chi connectivity index (χ4n) is 1.69. The number of aliphatic imine (C=N–C) groups is 1. The van der Waals surface area contributed by atoms with Crippen LogP contribution in [0.4, 0.5) is 5.69 Å². The lowest BCUT2D eigenvalue weighted by molar-refractivity contribution is 0.416. The van der Waals surface area contributed by atoms with E-state index >= 15 is 0 Å². The second kappa shape index (κ2) is 5.36. The molecule has 0 aromatic heterocycles. The van der Waals surface area contributed by atoms with Gasteiger partial charge in [-0.3, -0.25) is 0 Å². The summed E-state index contributed by atoms with van der Waals surface area (Å²) in [5, 5.41) is 0. The van der Waals surface area contributed by atoms with E-state index in [0.29, 0.717) is 5.84 Å². The minimum Gasteiger partial charge on any atom is -0.494 e. The SMILES string of the molecule is COc1ccc(C)cc1N=C(N)c1ccccc1. The first kappa shape index (κ1) is 12.2. The number of hydrogen-bond acceptors (Lipinski definition) is 2. The van der Waals surface area contributed by atoms with Crippen LogP contribution in [-0.4, -0.2) is 12.9 Å². The molecular formula is C15H16N2O. The van der Waals surface area contributed by atoms with Gasteiger partial charge in [0.2, 0.25) is 0 Å². The molecule has 2 rings (SSSR count). The minimum absolute atomic E-state index is 0.486. The molecule has 18 heavy (non-hydrogen) atoms. The van der Waals surface area contributed by atoms with Gasteiger partial charge in [-0.1, -0.05) is 36.4 Å². The van der Waals surface area contributed by atoms with Crippen molar-refractivity contribution in [1.82, 2.24) is 0 Å². The van der Waals surface area contributed by atoms with Crippen LogP contribution in [0.3, 0.4) is 0 Å². The molecule has 92 valence electrons. The first-order valence-corrected chi connectivity index (χ1v) is 5.75. The maximum Gasteiger partial charge on any atom is 0.144 e. The van der Waals surface area contributed by atoms with E-state index in [0.717, 1.165) is 22.6 Å². The number of rotatable bonds is 3. The van der Waals surface area contributed by atoms with E-state index in [1.54, 1.807) is 7.11 Å². The molecule has 2 aromatic rings. The number of benzene rings is 2. The van der Waals surface area contributed by atoms with Crippen LogP contribution in [0.15, 0.2) is 53.5 Å². The van der Waals surface area contributed by atoms with Crippen LogP contribution < -0.4 is 10.5 Å². The number of hydrogen-bond donors (Lipinski definition) is 1. The lowest BCUT2D eigenvalue weighted by Gasteiger charge is -2.07. The average molecular weight is 240 g/mol. The zero-order valence-corrected chi connectivity index (χ0v) is 10.6. The van der Waals surface area contributed by atoms with Gasteiger partial charge in [0, 0.05) is 5.56 Å². The number of nitrogens with zero attached hydrogens (tertiary/aromatic N) is 1. The van der Waals surface area contributed by atoms with Crippen LogP contribution in [0.25, 0.3) is 0 Å². The average Bonchev–Trinajstić information content (AvgIpc) is 2.40. The molecule has 0 saturated carbocycles. The molecule has 0 unspecified atom stereocenters. The van der Waals surface area contributed by atoms with Gasteiger partial charge in [0.25, 0.3) is 0 Å². The van der Waals surface area contributed by atoms with Crippen molar-refractivity contribution in [3.63, 3.8) is 0 Å². The second-order valence-corrected chi connectivity index (χ2v) is 4.04. The Labute approximate surface area is 107 Å². The molecule has 0 fully saturated rings. The smallest absolute Gasteiger partial charge is 0.144 e. The number of ether oxygens (including phenoxy) is 1. The van der Waals surface area contributed by atoms with Crippen molar-refractivity contribution in [3.8, 4) is 5.75 Å². The topological polar surface area (TPSA) is 47.6 Å². The van der Waals surface area contributed by atoms with E-state index in [1.165, 1.54) is 0 Å². The van der Waals surface area contributed by atoms with E-state index in [-0.39, 0.29) is 0 Å². The van der Waals surface area contributed by atoms with Crippen LogP contribution in [0, 0.1) is 6.92 Å². The number of aryl methyl sites for hydroxylation is 1. The zero-order valence-electron chi connectivity index (χ0n) is 10.6. The summed E-state index contributed by atoms with van der Waals surface area (Å²) in [7, 11) is 1.63. The van der Waals surface area contributed by atoms with E-state index in [4.69, 9.17) is 10.5 Å². The van der Waals surface area contributed by atoms with E-state index in [1.807, 2.05) is 55.5 Å². The van der Waals surface area contributed by atoms with Crippen molar-refractivity contribution in [1.29, 1.82) is 0 Å². The molecule has 0 aliphatic heterocycles. The maximum absolute atomic E-state index is 6.00. The van der Waals surface area contributed by atoms with Gasteiger partial charge in [-0.15, -0.1) is 0 Å². The first-order valence-electron chi connectivity index (χ1n) is 5.75. The first-order chi connectivity index (χ1) is 8.70. The molecule has 0 heterocycles. The highest BCUT2D eigenvalue weighted by Gasteiger charge is 2.03. The van der Waals surface area contributed by atoms with Crippen LogP contribution in [0.5, 0.6) is 5.75 Å². The largest absolute Gasteiger partial charge is 0.494 e. The summed E-state index contributed by atoms with van der Waals surface area (Å²) >= 11 is 0. The Kier molecular flexibility index (Phi) is 3.63. The third-order valence-electron chi connectivity index (χ3n) is 2.64. The molecule has 2 aromatic carbocycles. The molecule has 0 saturated heterocycles. The summed E-state index contributed by atoms with van der Waals surface area (Å²) in [6, 6.07) is 15.5.